The van der Waals surface area contributed by atoms with E-state index in [4.69, 9.17) is 5.11 Å². The van der Waals surface area contributed by atoms with Crippen molar-refractivity contribution in [1.82, 2.24) is 4.98 Å². The second kappa shape index (κ2) is 6.07. The molecule has 3 N–H and O–H groups in total. The Balaban J connectivity index is 2.56. The fourth-order valence-corrected chi connectivity index (χ4v) is 1.30. The predicted octanol–water partition coefficient (Wildman–Crippen LogP) is 1.35. The third kappa shape index (κ3) is 3.51. The maximum atomic E-state index is 10.8. The molecule has 88 valence electrons. The van der Waals surface area contributed by atoms with Crippen LogP contribution in [0.3, 0.4) is 0 Å². The molecule has 0 aliphatic rings. The minimum Gasteiger partial charge on any atom is -0.476 e. The van der Waals surface area contributed by atoms with Gasteiger partial charge in [0.05, 0.1) is 11.8 Å². The van der Waals surface area contributed by atoms with Crippen LogP contribution in [0.25, 0.3) is 0 Å². The highest BCUT2D eigenvalue weighted by Crippen LogP contribution is 2.12. The Morgan fingerprint density at radius 3 is 3.00 bits per heavy atom. The Bertz CT molecular complexity index is 355. The number of rotatable bonds is 6. The highest BCUT2D eigenvalue weighted by molar-refractivity contribution is 5.91. The topological polar surface area (TPSA) is 82.5 Å². The molecule has 1 unspecified atom stereocenters. The lowest BCUT2D eigenvalue weighted by molar-refractivity contribution is 0.0691. The standard InChI is InChI=1S/C11H16N2O3/c1-2-8(14)5-7-12-9-4-3-6-13-10(9)11(15)16/h3-4,6,8,12,14H,2,5,7H2,1H3,(H,15,16). The van der Waals surface area contributed by atoms with Crippen LogP contribution in [0.15, 0.2) is 18.3 Å². The van der Waals surface area contributed by atoms with Gasteiger partial charge < -0.3 is 15.5 Å². The van der Waals surface area contributed by atoms with Crippen LogP contribution < -0.4 is 5.32 Å². The summed E-state index contributed by atoms with van der Waals surface area (Å²) in [7, 11) is 0. The third-order valence-electron chi connectivity index (χ3n) is 2.27. The molecule has 0 aliphatic heterocycles. The van der Waals surface area contributed by atoms with E-state index in [1.807, 2.05) is 6.92 Å². The Labute approximate surface area is 94.1 Å². The van der Waals surface area contributed by atoms with Gasteiger partial charge in [0.25, 0.3) is 0 Å². The van der Waals surface area contributed by atoms with Crippen LogP contribution in [0, 0.1) is 0 Å². The molecule has 0 spiro atoms. The lowest BCUT2D eigenvalue weighted by Gasteiger charge is -2.10. The molecular weight excluding hydrogens is 208 g/mol. The van der Waals surface area contributed by atoms with Crippen LogP contribution in [0.4, 0.5) is 5.69 Å². The Morgan fingerprint density at radius 2 is 2.38 bits per heavy atom. The van der Waals surface area contributed by atoms with Crippen molar-refractivity contribution in [2.24, 2.45) is 0 Å². The molecular formula is C11H16N2O3. The van der Waals surface area contributed by atoms with Crippen LogP contribution in [0.2, 0.25) is 0 Å². The molecule has 1 rings (SSSR count). The van der Waals surface area contributed by atoms with Gasteiger partial charge in [0.15, 0.2) is 5.69 Å². The third-order valence-corrected chi connectivity index (χ3v) is 2.27. The number of anilines is 1. The van der Waals surface area contributed by atoms with Crippen molar-refractivity contribution in [3.63, 3.8) is 0 Å². The molecule has 0 amide bonds. The van der Waals surface area contributed by atoms with Crippen molar-refractivity contribution < 1.29 is 15.0 Å². The highest BCUT2D eigenvalue weighted by atomic mass is 16.4. The van der Waals surface area contributed by atoms with E-state index in [1.165, 1.54) is 6.20 Å². The molecule has 0 fully saturated rings. The van der Waals surface area contributed by atoms with Crippen molar-refractivity contribution >= 4 is 11.7 Å². The quantitative estimate of drug-likeness (QED) is 0.679. The van der Waals surface area contributed by atoms with Gasteiger partial charge in [-0.3, -0.25) is 0 Å². The Kier molecular flexibility index (Phi) is 4.72. The number of nitrogens with zero attached hydrogens (tertiary/aromatic N) is 1. The number of carboxylic acid groups (broad SMARTS) is 1. The van der Waals surface area contributed by atoms with Crippen molar-refractivity contribution in [3.05, 3.63) is 24.0 Å². The lowest BCUT2D eigenvalue weighted by Crippen LogP contribution is -2.14. The largest absolute Gasteiger partial charge is 0.476 e. The van der Waals surface area contributed by atoms with E-state index in [0.717, 1.165) is 0 Å². The molecule has 5 nitrogen and oxygen atoms in total. The van der Waals surface area contributed by atoms with E-state index in [-0.39, 0.29) is 11.8 Å². The first-order chi connectivity index (χ1) is 7.65. The van der Waals surface area contributed by atoms with Gasteiger partial charge in [-0.05, 0) is 25.0 Å². The molecule has 0 aliphatic carbocycles. The summed E-state index contributed by atoms with van der Waals surface area (Å²) >= 11 is 0. The highest BCUT2D eigenvalue weighted by Gasteiger charge is 2.10. The lowest BCUT2D eigenvalue weighted by atomic mass is 10.2. The van der Waals surface area contributed by atoms with Gasteiger partial charge in [-0.2, -0.15) is 0 Å². The second-order valence-corrected chi connectivity index (χ2v) is 3.48. The Morgan fingerprint density at radius 1 is 1.62 bits per heavy atom. The van der Waals surface area contributed by atoms with Crippen molar-refractivity contribution in [2.75, 3.05) is 11.9 Å². The van der Waals surface area contributed by atoms with E-state index in [1.54, 1.807) is 12.1 Å². The molecule has 1 aromatic heterocycles. The van der Waals surface area contributed by atoms with Gasteiger partial charge >= 0.3 is 5.97 Å². The van der Waals surface area contributed by atoms with Crippen LogP contribution >= 0.6 is 0 Å². The zero-order valence-electron chi connectivity index (χ0n) is 9.18. The van der Waals surface area contributed by atoms with E-state index in [9.17, 15) is 9.90 Å². The monoisotopic (exact) mass is 224 g/mol. The molecule has 16 heavy (non-hydrogen) atoms. The number of carboxylic acids is 1. The zero-order chi connectivity index (χ0) is 12.0. The summed E-state index contributed by atoms with van der Waals surface area (Å²) in [6.45, 7) is 2.43. The first-order valence-electron chi connectivity index (χ1n) is 5.25. The van der Waals surface area contributed by atoms with Crippen molar-refractivity contribution in [3.8, 4) is 0 Å². The fraction of sp³-hybridized carbons (Fsp3) is 0.455. The summed E-state index contributed by atoms with van der Waals surface area (Å²) < 4.78 is 0. The SMILES string of the molecule is CCC(O)CCNc1cccnc1C(=O)O. The maximum absolute atomic E-state index is 10.8. The van der Waals surface area contributed by atoms with E-state index < -0.39 is 5.97 Å². The molecule has 1 heterocycles. The zero-order valence-corrected chi connectivity index (χ0v) is 9.18. The molecule has 0 saturated heterocycles. The molecule has 0 saturated carbocycles. The number of aromatic carboxylic acids is 1. The first kappa shape index (κ1) is 12.4. The summed E-state index contributed by atoms with van der Waals surface area (Å²) in [5.41, 5.74) is 0.492. The average Bonchev–Trinajstić information content (AvgIpc) is 2.29. The van der Waals surface area contributed by atoms with Crippen molar-refractivity contribution in [1.29, 1.82) is 0 Å². The van der Waals surface area contributed by atoms with E-state index in [2.05, 4.69) is 10.3 Å². The van der Waals surface area contributed by atoms with Gasteiger partial charge in [0.2, 0.25) is 0 Å². The second-order valence-electron chi connectivity index (χ2n) is 3.48. The number of aliphatic hydroxyl groups is 1. The van der Waals surface area contributed by atoms with Crippen LogP contribution in [-0.4, -0.2) is 33.8 Å². The minimum absolute atomic E-state index is 0.00786. The van der Waals surface area contributed by atoms with Gasteiger partial charge in [-0.25, -0.2) is 9.78 Å². The van der Waals surface area contributed by atoms with Gasteiger partial charge in [-0.1, -0.05) is 6.92 Å². The van der Waals surface area contributed by atoms with Crippen LogP contribution in [0.5, 0.6) is 0 Å². The fourth-order valence-electron chi connectivity index (χ4n) is 1.30. The normalized spacial score (nSPS) is 12.1. The molecule has 1 aromatic rings. The summed E-state index contributed by atoms with van der Waals surface area (Å²) in [4.78, 5) is 14.6. The summed E-state index contributed by atoms with van der Waals surface area (Å²) in [5.74, 6) is -1.06. The molecule has 5 heteroatoms. The number of aromatic nitrogens is 1. The number of hydrogen-bond donors (Lipinski definition) is 3. The Hall–Kier alpha value is -1.62. The first-order valence-corrected chi connectivity index (χ1v) is 5.25. The number of hydrogen-bond acceptors (Lipinski definition) is 4. The number of nitrogens with one attached hydrogen (secondary N) is 1. The summed E-state index contributed by atoms with van der Waals surface area (Å²) in [6.07, 6.45) is 2.37. The number of aliphatic hydroxyl groups excluding tert-OH is 1. The number of pyridine rings is 1. The van der Waals surface area contributed by atoms with Crippen LogP contribution in [-0.2, 0) is 0 Å². The van der Waals surface area contributed by atoms with Gasteiger partial charge in [0.1, 0.15) is 0 Å². The van der Waals surface area contributed by atoms with E-state index in [0.29, 0.717) is 25.1 Å². The molecule has 1 atom stereocenters. The van der Waals surface area contributed by atoms with Crippen molar-refractivity contribution in [2.45, 2.75) is 25.9 Å². The summed E-state index contributed by atoms with van der Waals surface area (Å²) in [6, 6.07) is 3.33. The number of carbonyl (C=O) groups is 1. The van der Waals surface area contributed by atoms with Crippen LogP contribution in [0.1, 0.15) is 30.3 Å². The predicted molar refractivity (Wildman–Crippen MR) is 60.6 cm³/mol. The van der Waals surface area contributed by atoms with Gasteiger partial charge in [0, 0.05) is 12.7 Å². The maximum Gasteiger partial charge on any atom is 0.356 e. The molecule has 0 radical (unpaired) electrons. The average molecular weight is 224 g/mol. The molecule has 0 aromatic carbocycles. The molecule has 0 bridgehead atoms. The minimum atomic E-state index is -1.06. The smallest absolute Gasteiger partial charge is 0.356 e. The van der Waals surface area contributed by atoms with E-state index >= 15 is 0 Å². The summed E-state index contributed by atoms with van der Waals surface area (Å²) in [5, 5.41) is 21.2. The van der Waals surface area contributed by atoms with Gasteiger partial charge in [-0.15, -0.1) is 0 Å².